The monoisotopic (exact) mass is 254 g/mol. The van der Waals surface area contributed by atoms with Gasteiger partial charge in [-0.05, 0) is 31.1 Å². The van der Waals surface area contributed by atoms with Gasteiger partial charge in [0.25, 0.3) is 0 Å². The Balaban J connectivity index is 1.80. The van der Waals surface area contributed by atoms with Gasteiger partial charge in [0, 0.05) is 31.0 Å². The van der Waals surface area contributed by atoms with E-state index in [4.69, 9.17) is 10.5 Å². The Morgan fingerprint density at radius 3 is 2.78 bits per heavy atom. The summed E-state index contributed by atoms with van der Waals surface area (Å²) in [5.41, 5.74) is 6.09. The Labute approximate surface area is 110 Å². The quantitative estimate of drug-likeness (QED) is 0.794. The summed E-state index contributed by atoms with van der Waals surface area (Å²) in [4.78, 5) is 12.2. The van der Waals surface area contributed by atoms with Gasteiger partial charge in [-0.25, -0.2) is 0 Å². The second-order valence-electron chi connectivity index (χ2n) is 6.17. The molecular formula is C14H26N2O2. The average molecular weight is 254 g/mol. The van der Waals surface area contributed by atoms with Crippen molar-refractivity contribution in [2.24, 2.45) is 29.4 Å². The molecule has 1 aliphatic heterocycles. The third kappa shape index (κ3) is 3.23. The fourth-order valence-electron chi connectivity index (χ4n) is 3.17. The van der Waals surface area contributed by atoms with Crippen molar-refractivity contribution in [1.29, 1.82) is 0 Å². The molecule has 1 amide bonds. The first-order valence-electron chi connectivity index (χ1n) is 7.19. The standard InChI is InChI=1S/C14H26N2O2/c1-9-5-10(2)13(15)6-12(9)14(17)16-7-11-3-4-18-8-11/h9-13H,3-8,15H2,1-2H3,(H,16,17). The van der Waals surface area contributed by atoms with E-state index in [1.807, 2.05) is 0 Å². The molecule has 0 aromatic carbocycles. The molecule has 104 valence electrons. The SMILES string of the molecule is CC1CC(C)C(C(=O)NCC2CCOC2)CC1N. The summed E-state index contributed by atoms with van der Waals surface area (Å²) in [7, 11) is 0. The van der Waals surface area contributed by atoms with Crippen molar-refractivity contribution < 1.29 is 9.53 Å². The fraction of sp³-hybridized carbons (Fsp3) is 0.929. The number of amides is 1. The molecule has 1 aliphatic carbocycles. The number of carbonyl (C=O) groups is 1. The van der Waals surface area contributed by atoms with Crippen molar-refractivity contribution in [3.05, 3.63) is 0 Å². The fourth-order valence-corrected chi connectivity index (χ4v) is 3.17. The zero-order chi connectivity index (χ0) is 13.1. The highest BCUT2D eigenvalue weighted by Gasteiger charge is 2.35. The minimum absolute atomic E-state index is 0.0959. The van der Waals surface area contributed by atoms with Crippen LogP contribution in [-0.4, -0.2) is 31.7 Å². The number of hydrogen-bond acceptors (Lipinski definition) is 3. The normalized spacial score (nSPS) is 40.7. The van der Waals surface area contributed by atoms with Crippen molar-refractivity contribution in [2.75, 3.05) is 19.8 Å². The van der Waals surface area contributed by atoms with Crippen LogP contribution in [0.3, 0.4) is 0 Å². The maximum atomic E-state index is 12.2. The minimum atomic E-state index is 0.0959. The van der Waals surface area contributed by atoms with Gasteiger partial charge in [-0.2, -0.15) is 0 Å². The van der Waals surface area contributed by atoms with Crippen LogP contribution in [-0.2, 0) is 9.53 Å². The molecule has 3 N–H and O–H groups in total. The van der Waals surface area contributed by atoms with Crippen LogP contribution < -0.4 is 11.1 Å². The first kappa shape index (κ1) is 13.8. The van der Waals surface area contributed by atoms with E-state index < -0.39 is 0 Å². The van der Waals surface area contributed by atoms with Crippen molar-refractivity contribution in [3.63, 3.8) is 0 Å². The molecule has 2 aliphatic rings. The van der Waals surface area contributed by atoms with E-state index >= 15 is 0 Å². The maximum Gasteiger partial charge on any atom is 0.223 e. The smallest absolute Gasteiger partial charge is 0.223 e. The first-order chi connectivity index (χ1) is 8.58. The van der Waals surface area contributed by atoms with Crippen molar-refractivity contribution >= 4 is 5.91 Å². The number of nitrogens with one attached hydrogen (secondary N) is 1. The highest BCUT2D eigenvalue weighted by molar-refractivity contribution is 5.79. The third-order valence-electron chi connectivity index (χ3n) is 4.61. The molecule has 1 saturated heterocycles. The van der Waals surface area contributed by atoms with E-state index in [0.717, 1.165) is 39.0 Å². The second-order valence-corrected chi connectivity index (χ2v) is 6.17. The number of rotatable bonds is 3. The Morgan fingerprint density at radius 2 is 2.11 bits per heavy atom. The van der Waals surface area contributed by atoms with Gasteiger partial charge in [0.2, 0.25) is 5.91 Å². The van der Waals surface area contributed by atoms with Crippen LogP contribution in [0.25, 0.3) is 0 Å². The third-order valence-corrected chi connectivity index (χ3v) is 4.61. The molecule has 0 spiro atoms. The molecular weight excluding hydrogens is 228 g/mol. The van der Waals surface area contributed by atoms with Gasteiger partial charge in [0.1, 0.15) is 0 Å². The molecule has 4 nitrogen and oxygen atoms in total. The summed E-state index contributed by atoms with van der Waals surface area (Å²) in [5, 5.41) is 3.09. The van der Waals surface area contributed by atoms with Crippen LogP contribution in [0.4, 0.5) is 0 Å². The molecule has 4 heteroatoms. The molecule has 2 rings (SSSR count). The first-order valence-corrected chi connectivity index (χ1v) is 7.19. The summed E-state index contributed by atoms with van der Waals surface area (Å²) in [5.74, 6) is 1.77. The summed E-state index contributed by atoms with van der Waals surface area (Å²) in [6.07, 6.45) is 2.96. The van der Waals surface area contributed by atoms with Gasteiger partial charge in [0.05, 0.1) is 6.61 Å². The van der Waals surface area contributed by atoms with Gasteiger partial charge in [0.15, 0.2) is 0 Å². The van der Waals surface area contributed by atoms with E-state index in [1.165, 1.54) is 0 Å². The van der Waals surface area contributed by atoms with Crippen LogP contribution in [0.5, 0.6) is 0 Å². The van der Waals surface area contributed by atoms with E-state index in [0.29, 0.717) is 17.8 Å². The van der Waals surface area contributed by atoms with E-state index in [2.05, 4.69) is 19.2 Å². The van der Waals surface area contributed by atoms with Gasteiger partial charge in [-0.3, -0.25) is 4.79 Å². The summed E-state index contributed by atoms with van der Waals surface area (Å²) in [6, 6.07) is 0.173. The number of hydrogen-bond donors (Lipinski definition) is 2. The summed E-state index contributed by atoms with van der Waals surface area (Å²) >= 11 is 0. The molecule has 0 bridgehead atoms. The van der Waals surface area contributed by atoms with Crippen molar-refractivity contribution in [2.45, 2.75) is 39.2 Å². The lowest BCUT2D eigenvalue weighted by Gasteiger charge is -2.36. The van der Waals surface area contributed by atoms with E-state index in [-0.39, 0.29) is 17.9 Å². The minimum Gasteiger partial charge on any atom is -0.381 e. The van der Waals surface area contributed by atoms with Gasteiger partial charge >= 0.3 is 0 Å². The predicted octanol–water partition coefficient (Wildman–Crippen LogP) is 1.15. The highest BCUT2D eigenvalue weighted by Crippen LogP contribution is 2.32. The number of ether oxygens (including phenoxy) is 1. The van der Waals surface area contributed by atoms with Gasteiger partial charge < -0.3 is 15.8 Å². The highest BCUT2D eigenvalue weighted by atomic mass is 16.5. The van der Waals surface area contributed by atoms with Crippen LogP contribution >= 0.6 is 0 Å². The molecule has 1 saturated carbocycles. The molecule has 18 heavy (non-hydrogen) atoms. The lowest BCUT2D eigenvalue weighted by molar-refractivity contribution is -0.128. The van der Waals surface area contributed by atoms with Crippen LogP contribution in [0.1, 0.15) is 33.1 Å². The van der Waals surface area contributed by atoms with Gasteiger partial charge in [-0.1, -0.05) is 13.8 Å². The molecule has 2 fully saturated rings. The largest absolute Gasteiger partial charge is 0.381 e. The Hall–Kier alpha value is -0.610. The molecule has 0 radical (unpaired) electrons. The zero-order valence-electron chi connectivity index (χ0n) is 11.5. The lowest BCUT2D eigenvalue weighted by atomic mass is 9.72. The number of nitrogens with two attached hydrogens (primary N) is 1. The summed E-state index contributed by atoms with van der Waals surface area (Å²) in [6.45, 7) is 6.74. The zero-order valence-corrected chi connectivity index (χ0v) is 11.5. The Morgan fingerprint density at radius 1 is 1.33 bits per heavy atom. The second kappa shape index (κ2) is 6.02. The molecule has 5 atom stereocenters. The van der Waals surface area contributed by atoms with Gasteiger partial charge in [-0.15, -0.1) is 0 Å². The van der Waals surface area contributed by atoms with Crippen molar-refractivity contribution in [3.8, 4) is 0 Å². The van der Waals surface area contributed by atoms with Crippen LogP contribution in [0.2, 0.25) is 0 Å². The molecule has 0 aromatic heterocycles. The van der Waals surface area contributed by atoms with E-state index in [9.17, 15) is 4.79 Å². The maximum absolute atomic E-state index is 12.2. The molecule has 0 aromatic rings. The van der Waals surface area contributed by atoms with Crippen molar-refractivity contribution in [1.82, 2.24) is 5.32 Å². The van der Waals surface area contributed by atoms with E-state index in [1.54, 1.807) is 0 Å². The molecule has 5 unspecified atom stereocenters. The van der Waals surface area contributed by atoms with Crippen LogP contribution in [0.15, 0.2) is 0 Å². The predicted molar refractivity (Wildman–Crippen MR) is 71.0 cm³/mol. The molecule has 1 heterocycles. The lowest BCUT2D eigenvalue weighted by Crippen LogP contribution is -2.46. The number of carbonyl (C=O) groups excluding carboxylic acids is 1. The average Bonchev–Trinajstić information content (AvgIpc) is 2.84. The summed E-state index contributed by atoms with van der Waals surface area (Å²) < 4.78 is 5.32. The topological polar surface area (TPSA) is 64.3 Å². The Bertz CT molecular complexity index is 290. The van der Waals surface area contributed by atoms with Crippen LogP contribution in [0, 0.1) is 23.7 Å². The Kier molecular flexibility index (Phi) is 4.62.